The third-order valence-electron chi connectivity index (χ3n) is 4.24. The third-order valence-corrected chi connectivity index (χ3v) is 5.30. The molecule has 0 bridgehead atoms. The molecule has 0 aliphatic heterocycles. The van der Waals surface area contributed by atoms with E-state index in [1.807, 2.05) is 0 Å². The first kappa shape index (κ1) is 22.5. The number of amides is 1. The highest BCUT2D eigenvalue weighted by Crippen LogP contribution is 2.32. The van der Waals surface area contributed by atoms with Crippen molar-refractivity contribution in [1.29, 1.82) is 0 Å². The number of carbonyl (C=O) groups is 1. The van der Waals surface area contributed by atoms with Crippen LogP contribution in [-0.2, 0) is 17.6 Å². The van der Waals surface area contributed by atoms with Crippen molar-refractivity contribution in [2.45, 2.75) is 30.1 Å². The monoisotopic (exact) mass is 452 g/mol. The van der Waals surface area contributed by atoms with Crippen LogP contribution in [0.5, 0.6) is 11.5 Å². The number of aromatic nitrogens is 3. The highest BCUT2D eigenvalue weighted by Gasteiger charge is 2.31. The molecule has 1 aromatic heterocycles. The zero-order valence-electron chi connectivity index (χ0n) is 16.6. The van der Waals surface area contributed by atoms with Crippen molar-refractivity contribution in [2.24, 2.45) is 5.73 Å². The highest BCUT2D eigenvalue weighted by molar-refractivity contribution is 8.00. The SMILES string of the molecule is COc1ccc(OCc2nnc(S[C@@H](C)C(N)=O)n2-c2cccc(C(F)(F)F)c2)cc1. The molecule has 2 N–H and O–H groups in total. The molecular weight excluding hydrogens is 433 g/mol. The van der Waals surface area contributed by atoms with Crippen LogP contribution in [0.15, 0.2) is 53.7 Å². The van der Waals surface area contributed by atoms with Crippen LogP contribution < -0.4 is 15.2 Å². The maximum absolute atomic E-state index is 13.2. The van der Waals surface area contributed by atoms with Gasteiger partial charge < -0.3 is 15.2 Å². The number of primary amides is 1. The molecule has 0 unspecified atom stereocenters. The fourth-order valence-corrected chi connectivity index (χ4v) is 3.42. The first-order chi connectivity index (χ1) is 14.7. The first-order valence-electron chi connectivity index (χ1n) is 9.04. The average Bonchev–Trinajstić information content (AvgIpc) is 3.14. The number of halogens is 3. The van der Waals surface area contributed by atoms with Gasteiger partial charge in [0.2, 0.25) is 5.91 Å². The molecule has 2 aromatic carbocycles. The molecule has 0 saturated heterocycles. The number of thioether (sulfide) groups is 1. The fraction of sp³-hybridized carbons (Fsp3) is 0.250. The van der Waals surface area contributed by atoms with Gasteiger partial charge in [0.05, 0.1) is 23.6 Å². The van der Waals surface area contributed by atoms with E-state index in [4.69, 9.17) is 15.2 Å². The Morgan fingerprint density at radius 1 is 1.16 bits per heavy atom. The number of nitrogens with zero attached hydrogens (tertiary/aromatic N) is 3. The lowest BCUT2D eigenvalue weighted by Crippen LogP contribution is -2.23. The smallest absolute Gasteiger partial charge is 0.416 e. The van der Waals surface area contributed by atoms with Crippen LogP contribution >= 0.6 is 11.8 Å². The summed E-state index contributed by atoms with van der Waals surface area (Å²) in [5.41, 5.74) is 4.69. The van der Waals surface area contributed by atoms with Crippen LogP contribution in [0.1, 0.15) is 18.3 Å². The predicted molar refractivity (Wildman–Crippen MR) is 108 cm³/mol. The Bertz CT molecular complexity index is 1050. The van der Waals surface area contributed by atoms with Gasteiger partial charge >= 0.3 is 6.18 Å². The summed E-state index contributed by atoms with van der Waals surface area (Å²) in [7, 11) is 1.54. The highest BCUT2D eigenvalue weighted by atomic mass is 32.2. The Morgan fingerprint density at radius 2 is 1.84 bits per heavy atom. The van der Waals surface area contributed by atoms with Crippen LogP contribution in [0, 0.1) is 0 Å². The summed E-state index contributed by atoms with van der Waals surface area (Å²) in [6.45, 7) is 1.51. The summed E-state index contributed by atoms with van der Waals surface area (Å²) in [5, 5.41) is 7.65. The number of ether oxygens (including phenoxy) is 2. The van der Waals surface area contributed by atoms with E-state index in [1.54, 1.807) is 38.3 Å². The average molecular weight is 452 g/mol. The van der Waals surface area contributed by atoms with E-state index in [0.717, 1.165) is 23.9 Å². The second-order valence-electron chi connectivity index (χ2n) is 6.41. The summed E-state index contributed by atoms with van der Waals surface area (Å²) < 4.78 is 51.9. The van der Waals surface area contributed by atoms with Crippen LogP contribution in [0.3, 0.4) is 0 Å². The fourth-order valence-electron chi connectivity index (χ4n) is 2.59. The molecule has 0 spiro atoms. The van der Waals surface area contributed by atoms with Crippen molar-refractivity contribution in [3.63, 3.8) is 0 Å². The number of methoxy groups -OCH3 is 1. The lowest BCUT2D eigenvalue weighted by molar-refractivity contribution is -0.137. The number of alkyl halides is 3. The molecule has 3 rings (SSSR count). The van der Waals surface area contributed by atoms with Crippen molar-refractivity contribution >= 4 is 17.7 Å². The Labute approximate surface area is 180 Å². The number of benzene rings is 2. The van der Waals surface area contributed by atoms with Crippen LogP contribution in [-0.4, -0.2) is 33.0 Å². The predicted octanol–water partition coefficient (Wildman–Crippen LogP) is 3.84. The van der Waals surface area contributed by atoms with Gasteiger partial charge in [-0.3, -0.25) is 9.36 Å². The Balaban J connectivity index is 1.95. The molecule has 0 radical (unpaired) electrons. The Hall–Kier alpha value is -3.21. The van der Waals surface area contributed by atoms with E-state index in [1.165, 1.54) is 16.7 Å². The van der Waals surface area contributed by atoms with E-state index >= 15 is 0 Å². The van der Waals surface area contributed by atoms with E-state index < -0.39 is 22.9 Å². The van der Waals surface area contributed by atoms with Crippen LogP contribution in [0.2, 0.25) is 0 Å². The summed E-state index contributed by atoms with van der Waals surface area (Å²) in [6, 6.07) is 11.5. The number of hydrogen-bond donors (Lipinski definition) is 1. The largest absolute Gasteiger partial charge is 0.497 e. The Morgan fingerprint density at radius 3 is 2.45 bits per heavy atom. The number of nitrogens with two attached hydrogens (primary N) is 1. The number of carbonyl (C=O) groups excluding carboxylic acids is 1. The van der Waals surface area contributed by atoms with Crippen molar-refractivity contribution in [3.8, 4) is 17.2 Å². The Kier molecular flexibility index (Phi) is 6.74. The normalized spacial score (nSPS) is 12.4. The van der Waals surface area contributed by atoms with Crippen molar-refractivity contribution in [3.05, 3.63) is 59.9 Å². The van der Waals surface area contributed by atoms with Gasteiger partial charge in [-0.05, 0) is 49.4 Å². The molecule has 31 heavy (non-hydrogen) atoms. The minimum atomic E-state index is -4.52. The van der Waals surface area contributed by atoms with E-state index in [9.17, 15) is 18.0 Å². The topological polar surface area (TPSA) is 92.3 Å². The van der Waals surface area contributed by atoms with Crippen molar-refractivity contribution < 1.29 is 27.4 Å². The van der Waals surface area contributed by atoms with Gasteiger partial charge in [0, 0.05) is 0 Å². The number of rotatable bonds is 8. The summed E-state index contributed by atoms with van der Waals surface area (Å²) in [6.07, 6.45) is -4.52. The molecule has 11 heteroatoms. The zero-order chi connectivity index (χ0) is 22.6. The molecule has 1 amide bonds. The third kappa shape index (κ3) is 5.48. The zero-order valence-corrected chi connectivity index (χ0v) is 17.4. The molecule has 1 heterocycles. The van der Waals surface area contributed by atoms with Gasteiger partial charge in [-0.2, -0.15) is 13.2 Å². The molecule has 0 aliphatic rings. The first-order valence-corrected chi connectivity index (χ1v) is 9.91. The molecule has 0 saturated carbocycles. The molecule has 0 aliphatic carbocycles. The van der Waals surface area contributed by atoms with Crippen LogP contribution in [0.25, 0.3) is 5.69 Å². The van der Waals surface area contributed by atoms with Gasteiger partial charge in [0.1, 0.15) is 18.1 Å². The van der Waals surface area contributed by atoms with E-state index in [2.05, 4.69) is 10.2 Å². The number of hydrogen-bond acceptors (Lipinski definition) is 6. The maximum Gasteiger partial charge on any atom is 0.416 e. The van der Waals surface area contributed by atoms with Crippen molar-refractivity contribution in [2.75, 3.05) is 7.11 Å². The minimum absolute atomic E-state index is 0.0684. The van der Waals surface area contributed by atoms with E-state index in [-0.39, 0.29) is 23.3 Å². The van der Waals surface area contributed by atoms with E-state index in [0.29, 0.717) is 11.5 Å². The molecular formula is C20H19F3N4O3S. The van der Waals surface area contributed by atoms with Gasteiger partial charge in [-0.1, -0.05) is 17.8 Å². The molecule has 3 aromatic rings. The second-order valence-corrected chi connectivity index (χ2v) is 7.72. The van der Waals surface area contributed by atoms with Crippen molar-refractivity contribution in [1.82, 2.24) is 14.8 Å². The summed E-state index contributed by atoms with van der Waals surface area (Å²) in [4.78, 5) is 11.5. The lowest BCUT2D eigenvalue weighted by Gasteiger charge is -2.14. The maximum atomic E-state index is 13.2. The van der Waals surface area contributed by atoms with Crippen LogP contribution in [0.4, 0.5) is 13.2 Å². The second kappa shape index (κ2) is 9.29. The molecule has 1 atom stereocenters. The minimum Gasteiger partial charge on any atom is -0.497 e. The van der Waals surface area contributed by atoms with Gasteiger partial charge in [0.25, 0.3) is 0 Å². The standard InChI is InChI=1S/C20H19F3N4O3S/c1-12(18(24)28)31-19-26-25-17(11-30-16-8-6-15(29-2)7-9-16)27(19)14-5-3-4-13(10-14)20(21,22)23/h3-10,12H,11H2,1-2H3,(H2,24,28)/t12-/m0/s1. The molecule has 7 nitrogen and oxygen atoms in total. The summed E-state index contributed by atoms with van der Waals surface area (Å²) in [5.74, 6) is 0.839. The quantitative estimate of drug-likeness (QED) is 0.522. The van der Waals surface area contributed by atoms with Gasteiger partial charge in [0.15, 0.2) is 11.0 Å². The summed E-state index contributed by atoms with van der Waals surface area (Å²) >= 11 is 0.995. The lowest BCUT2D eigenvalue weighted by atomic mass is 10.2. The molecule has 0 fully saturated rings. The molecule has 164 valence electrons. The van der Waals surface area contributed by atoms with Gasteiger partial charge in [-0.25, -0.2) is 0 Å². The van der Waals surface area contributed by atoms with Gasteiger partial charge in [-0.15, -0.1) is 10.2 Å².